The molecule has 1 aromatic rings. The molecule has 114 valence electrons. The number of aliphatic hydroxyl groups is 1. The summed E-state index contributed by atoms with van der Waals surface area (Å²) in [6.07, 6.45) is 0.433. The van der Waals surface area contributed by atoms with E-state index in [2.05, 4.69) is 0 Å². The highest BCUT2D eigenvalue weighted by Crippen LogP contribution is 2.45. The minimum Gasteiger partial charge on any atom is -0.507 e. The standard InChI is InChI=1S/C17H16O5/c1-8(18)14-13-10(6-7-17(14,2)22)15(20)12-9(16(13)21)4-3-5-11(12)19/h3-5,14,19,22H,6-7H2,1-2H3/t14-,17?/m1/s1. The number of Topliss-reactive ketones (excluding diaryl/α,β-unsaturated/α-hetero) is 3. The van der Waals surface area contributed by atoms with Gasteiger partial charge in [-0.15, -0.1) is 0 Å². The number of benzene rings is 1. The number of fused-ring (bicyclic) bond motifs is 1. The van der Waals surface area contributed by atoms with Gasteiger partial charge in [-0.25, -0.2) is 0 Å². The van der Waals surface area contributed by atoms with Gasteiger partial charge in [0.1, 0.15) is 11.5 Å². The molecule has 3 rings (SSSR count). The summed E-state index contributed by atoms with van der Waals surface area (Å²) < 4.78 is 0. The van der Waals surface area contributed by atoms with Crippen LogP contribution in [0.25, 0.3) is 0 Å². The number of hydrogen-bond acceptors (Lipinski definition) is 5. The average Bonchev–Trinajstić information content (AvgIpc) is 2.42. The van der Waals surface area contributed by atoms with Crippen LogP contribution < -0.4 is 0 Å². The average molecular weight is 300 g/mol. The van der Waals surface area contributed by atoms with E-state index in [4.69, 9.17) is 0 Å². The molecule has 1 unspecified atom stereocenters. The highest BCUT2D eigenvalue weighted by atomic mass is 16.3. The first-order chi connectivity index (χ1) is 10.3. The Hall–Kier alpha value is -2.27. The predicted octanol–water partition coefficient (Wildman–Crippen LogP) is 1.82. The summed E-state index contributed by atoms with van der Waals surface area (Å²) in [5.41, 5.74) is -0.935. The van der Waals surface area contributed by atoms with Gasteiger partial charge >= 0.3 is 0 Å². The Morgan fingerprint density at radius 3 is 2.59 bits per heavy atom. The van der Waals surface area contributed by atoms with E-state index in [0.29, 0.717) is 0 Å². The summed E-state index contributed by atoms with van der Waals surface area (Å²) in [5, 5.41) is 20.4. The molecule has 0 saturated carbocycles. The van der Waals surface area contributed by atoms with E-state index < -0.39 is 23.1 Å². The van der Waals surface area contributed by atoms with Gasteiger partial charge in [0.2, 0.25) is 0 Å². The van der Waals surface area contributed by atoms with E-state index >= 15 is 0 Å². The van der Waals surface area contributed by atoms with Crippen LogP contribution in [0.15, 0.2) is 29.3 Å². The third kappa shape index (κ3) is 1.85. The van der Waals surface area contributed by atoms with Gasteiger partial charge in [0.05, 0.1) is 17.1 Å². The van der Waals surface area contributed by atoms with Gasteiger partial charge in [0.15, 0.2) is 11.6 Å². The predicted molar refractivity (Wildman–Crippen MR) is 77.8 cm³/mol. The third-order valence-corrected chi connectivity index (χ3v) is 4.56. The van der Waals surface area contributed by atoms with Crippen LogP contribution in [0.5, 0.6) is 5.75 Å². The smallest absolute Gasteiger partial charge is 0.193 e. The molecule has 0 amide bonds. The fraction of sp³-hybridized carbons (Fsp3) is 0.353. The molecule has 0 aliphatic heterocycles. The first-order valence-corrected chi connectivity index (χ1v) is 7.13. The Morgan fingerprint density at radius 1 is 1.27 bits per heavy atom. The van der Waals surface area contributed by atoms with E-state index in [1.165, 1.54) is 32.0 Å². The summed E-state index contributed by atoms with van der Waals surface area (Å²) in [6, 6.07) is 4.30. The second-order valence-electron chi connectivity index (χ2n) is 6.15. The number of carbonyl (C=O) groups excluding carboxylic acids is 3. The molecule has 5 nitrogen and oxygen atoms in total. The molecule has 2 N–H and O–H groups in total. The Labute approximate surface area is 127 Å². The van der Waals surface area contributed by atoms with Crippen molar-refractivity contribution in [1.29, 1.82) is 0 Å². The maximum atomic E-state index is 12.8. The van der Waals surface area contributed by atoms with Crippen LogP contribution in [-0.2, 0) is 4.79 Å². The summed E-state index contributed by atoms with van der Waals surface area (Å²) in [5.74, 6) is -2.48. The molecule has 0 fully saturated rings. The molecule has 5 heteroatoms. The summed E-state index contributed by atoms with van der Waals surface area (Å²) in [6.45, 7) is 2.82. The quantitative estimate of drug-likeness (QED) is 0.825. The molecule has 0 radical (unpaired) electrons. The minimum atomic E-state index is -1.35. The molecular weight excluding hydrogens is 284 g/mol. The lowest BCUT2D eigenvalue weighted by Crippen LogP contribution is -2.47. The van der Waals surface area contributed by atoms with Gasteiger partial charge in [0.25, 0.3) is 0 Å². The zero-order chi connectivity index (χ0) is 16.2. The molecule has 2 atom stereocenters. The number of allylic oxidation sites excluding steroid dienone is 1. The molecule has 0 spiro atoms. The maximum absolute atomic E-state index is 12.8. The van der Waals surface area contributed by atoms with E-state index in [1.807, 2.05) is 0 Å². The largest absolute Gasteiger partial charge is 0.507 e. The number of carbonyl (C=O) groups is 3. The fourth-order valence-electron chi connectivity index (χ4n) is 3.55. The highest BCUT2D eigenvalue weighted by molar-refractivity contribution is 6.29. The molecule has 22 heavy (non-hydrogen) atoms. The monoisotopic (exact) mass is 300 g/mol. The Kier molecular flexibility index (Phi) is 3.07. The van der Waals surface area contributed by atoms with Crippen molar-refractivity contribution in [3.63, 3.8) is 0 Å². The second-order valence-corrected chi connectivity index (χ2v) is 6.15. The molecule has 1 aromatic carbocycles. The molecule has 0 bridgehead atoms. The van der Waals surface area contributed by atoms with Gasteiger partial charge in [-0.2, -0.15) is 0 Å². The first-order valence-electron chi connectivity index (χ1n) is 7.13. The van der Waals surface area contributed by atoms with Crippen molar-refractivity contribution < 1.29 is 24.6 Å². The number of phenolic OH excluding ortho intramolecular Hbond substituents is 1. The number of hydrogen-bond donors (Lipinski definition) is 2. The van der Waals surface area contributed by atoms with E-state index in [1.54, 1.807) is 0 Å². The van der Waals surface area contributed by atoms with Crippen molar-refractivity contribution in [2.75, 3.05) is 0 Å². The van der Waals surface area contributed by atoms with Gasteiger partial charge in [-0.3, -0.25) is 14.4 Å². The molecule has 0 aromatic heterocycles. The molecule has 0 saturated heterocycles. The molecular formula is C17H16O5. The highest BCUT2D eigenvalue weighted by Gasteiger charge is 2.49. The summed E-state index contributed by atoms with van der Waals surface area (Å²) >= 11 is 0. The lowest BCUT2D eigenvalue weighted by Gasteiger charge is -2.39. The lowest BCUT2D eigenvalue weighted by atomic mass is 9.65. The SMILES string of the molecule is CC(=O)[C@@H]1C2=C(CCC1(C)O)C(=O)c1c(O)cccc1C2=O. The van der Waals surface area contributed by atoms with Gasteiger partial charge in [0, 0.05) is 16.7 Å². The van der Waals surface area contributed by atoms with Gasteiger partial charge in [-0.05, 0) is 32.8 Å². The number of aromatic hydroxyl groups is 1. The van der Waals surface area contributed by atoms with Crippen LogP contribution in [-0.4, -0.2) is 33.2 Å². The summed E-state index contributed by atoms with van der Waals surface area (Å²) in [7, 11) is 0. The number of ketones is 3. The maximum Gasteiger partial charge on any atom is 0.193 e. The van der Waals surface area contributed by atoms with Crippen molar-refractivity contribution in [1.82, 2.24) is 0 Å². The Balaban J connectivity index is 2.27. The topological polar surface area (TPSA) is 91.7 Å². The van der Waals surface area contributed by atoms with Crippen molar-refractivity contribution in [3.05, 3.63) is 40.5 Å². The van der Waals surface area contributed by atoms with Crippen molar-refractivity contribution >= 4 is 17.3 Å². The van der Waals surface area contributed by atoms with E-state index in [-0.39, 0.29) is 46.6 Å². The number of rotatable bonds is 1. The fourth-order valence-corrected chi connectivity index (χ4v) is 3.55. The Bertz CT molecular complexity index is 754. The molecule has 0 heterocycles. The van der Waals surface area contributed by atoms with Gasteiger partial charge < -0.3 is 10.2 Å². The van der Waals surface area contributed by atoms with Gasteiger partial charge in [-0.1, -0.05) is 12.1 Å². The van der Waals surface area contributed by atoms with Crippen LogP contribution in [0.1, 0.15) is 47.4 Å². The normalized spacial score (nSPS) is 27.5. The van der Waals surface area contributed by atoms with Crippen LogP contribution in [0.3, 0.4) is 0 Å². The van der Waals surface area contributed by atoms with E-state index in [0.717, 1.165) is 0 Å². The van der Waals surface area contributed by atoms with Crippen LogP contribution in [0.4, 0.5) is 0 Å². The Morgan fingerprint density at radius 2 is 1.95 bits per heavy atom. The number of phenols is 1. The van der Waals surface area contributed by atoms with Crippen LogP contribution in [0.2, 0.25) is 0 Å². The first kappa shape index (κ1) is 14.7. The van der Waals surface area contributed by atoms with Crippen LogP contribution >= 0.6 is 0 Å². The van der Waals surface area contributed by atoms with Crippen molar-refractivity contribution in [2.24, 2.45) is 5.92 Å². The molecule has 2 aliphatic rings. The van der Waals surface area contributed by atoms with Crippen molar-refractivity contribution in [2.45, 2.75) is 32.3 Å². The van der Waals surface area contributed by atoms with Crippen molar-refractivity contribution in [3.8, 4) is 5.75 Å². The zero-order valence-corrected chi connectivity index (χ0v) is 12.3. The zero-order valence-electron chi connectivity index (χ0n) is 12.3. The summed E-state index contributed by atoms with van der Waals surface area (Å²) in [4.78, 5) is 37.4. The molecule has 2 aliphatic carbocycles. The third-order valence-electron chi connectivity index (χ3n) is 4.56. The van der Waals surface area contributed by atoms with E-state index in [9.17, 15) is 24.6 Å². The minimum absolute atomic E-state index is 0.00454. The lowest BCUT2D eigenvalue weighted by molar-refractivity contribution is -0.127. The van der Waals surface area contributed by atoms with Crippen LogP contribution in [0, 0.1) is 5.92 Å². The second kappa shape index (κ2) is 4.61.